The van der Waals surface area contributed by atoms with E-state index in [9.17, 15) is 0 Å². The Kier molecular flexibility index (Phi) is 37.4. The van der Waals surface area contributed by atoms with Crippen LogP contribution in [0.2, 0.25) is 0 Å². The van der Waals surface area contributed by atoms with Gasteiger partial charge in [-0.3, -0.25) is 0 Å². The first kappa shape index (κ1) is 15.7. The summed E-state index contributed by atoms with van der Waals surface area (Å²) in [5, 5.41) is 0. The fraction of sp³-hybridized carbons (Fsp3) is 1.00. The smallest absolute Gasteiger partial charge is 0 e. The van der Waals surface area contributed by atoms with Crippen LogP contribution < -0.4 is 6.15 Å². The number of hydrogen-bond donors (Lipinski definition) is 1. The Morgan fingerprint density at radius 1 is 1.00 bits per heavy atom. The Morgan fingerprint density at radius 2 is 1.29 bits per heavy atom. The first-order valence-electron chi connectivity index (χ1n) is 2.41. The third-order valence-electron chi connectivity index (χ3n) is 0.707. The molecule has 0 spiro atoms. The third-order valence-corrected chi connectivity index (χ3v) is 0.707. The highest BCUT2D eigenvalue weighted by Crippen LogP contribution is 1.88. The summed E-state index contributed by atoms with van der Waals surface area (Å²) in [6, 6.07) is 0. The molecule has 0 amide bonds. The van der Waals surface area contributed by atoms with E-state index in [1.807, 2.05) is 0 Å². The molecular weight excluding hydrogens is 84.9 g/mol. The maximum Gasteiger partial charge on any atom is 0 e. The Hall–Kier alpha value is 0.0249. The Morgan fingerprint density at radius 3 is 1.29 bits per heavy atom. The van der Waals surface area contributed by atoms with E-state index in [-0.39, 0.29) is 14.6 Å². The quantitative estimate of drug-likeness (QED) is 0.529. The first-order valence-corrected chi connectivity index (χ1v) is 2.41. The van der Waals surface area contributed by atoms with Crippen molar-refractivity contribution in [3.05, 3.63) is 0 Å². The Balaban J connectivity index is -0.0000000800. The van der Waals surface area contributed by atoms with Crippen molar-refractivity contribution >= 4 is 8.41 Å². The average Bonchev–Trinajstić information content (AvgIpc) is 1.41. The second kappa shape index (κ2) is 16.6. The van der Waals surface area contributed by atoms with Gasteiger partial charge in [0.25, 0.3) is 0 Å². The maximum atomic E-state index is 2.21. The number of rotatable bonds is 2. The highest BCUT2D eigenvalue weighted by atomic mass is 14.0. The van der Waals surface area contributed by atoms with Crippen molar-refractivity contribution in [1.29, 1.82) is 0 Å². The molecule has 7 heavy (non-hydrogen) atoms. The van der Waals surface area contributed by atoms with E-state index in [2.05, 4.69) is 13.8 Å². The molecule has 3 radical (unpaired) electrons. The zero-order chi connectivity index (χ0) is 4.12. The summed E-state index contributed by atoms with van der Waals surface area (Å²) in [7, 11) is 0. The Bertz CT molecular complexity index is 15.6. The van der Waals surface area contributed by atoms with Gasteiger partial charge in [0.1, 0.15) is 0 Å². The molecule has 0 aromatic heterocycles. The molecular formula is C5H15BN. The van der Waals surface area contributed by atoms with Gasteiger partial charge in [0.2, 0.25) is 0 Å². The molecule has 43 valence electrons. The van der Waals surface area contributed by atoms with Gasteiger partial charge in [-0.25, -0.2) is 0 Å². The minimum Gasteiger partial charge on any atom is -0.344 e. The van der Waals surface area contributed by atoms with Crippen molar-refractivity contribution in [3.8, 4) is 0 Å². The molecule has 0 heterocycles. The van der Waals surface area contributed by atoms with E-state index in [4.69, 9.17) is 0 Å². The zero-order valence-corrected chi connectivity index (χ0v) is 5.41. The van der Waals surface area contributed by atoms with E-state index in [0.29, 0.717) is 0 Å². The van der Waals surface area contributed by atoms with Crippen molar-refractivity contribution in [2.75, 3.05) is 0 Å². The van der Waals surface area contributed by atoms with Crippen LogP contribution in [0.3, 0.4) is 0 Å². The predicted molar refractivity (Wildman–Crippen MR) is 36.0 cm³/mol. The van der Waals surface area contributed by atoms with Crippen LogP contribution in [0.4, 0.5) is 0 Å². The van der Waals surface area contributed by atoms with Crippen LogP contribution in [0.15, 0.2) is 0 Å². The lowest BCUT2D eigenvalue weighted by atomic mass is 10.3. The third kappa shape index (κ3) is 23.8. The summed E-state index contributed by atoms with van der Waals surface area (Å²) >= 11 is 0. The van der Waals surface area contributed by atoms with Crippen molar-refractivity contribution in [2.24, 2.45) is 0 Å². The molecule has 0 saturated heterocycles. The average molecular weight is 100.0 g/mol. The highest BCUT2D eigenvalue weighted by molar-refractivity contribution is 5.75. The lowest BCUT2D eigenvalue weighted by Crippen LogP contribution is -1.59. The Labute approximate surface area is 48.7 Å². The molecule has 0 saturated carbocycles. The normalized spacial score (nSPS) is 6.00. The fourth-order valence-corrected chi connectivity index (χ4v) is 0.354. The molecule has 0 aliphatic heterocycles. The van der Waals surface area contributed by atoms with E-state index in [0.717, 1.165) is 0 Å². The largest absolute Gasteiger partial charge is 0.344 e. The zero-order valence-electron chi connectivity index (χ0n) is 5.41. The molecule has 2 heteroatoms. The van der Waals surface area contributed by atoms with Crippen LogP contribution in [-0.2, 0) is 0 Å². The molecule has 0 unspecified atom stereocenters. The van der Waals surface area contributed by atoms with Gasteiger partial charge in [-0.2, -0.15) is 0 Å². The van der Waals surface area contributed by atoms with Gasteiger partial charge in [-0.1, -0.05) is 33.1 Å². The van der Waals surface area contributed by atoms with Crippen LogP contribution in [0.25, 0.3) is 0 Å². The summed E-state index contributed by atoms with van der Waals surface area (Å²) in [5.41, 5.74) is 0. The van der Waals surface area contributed by atoms with E-state index in [1.54, 1.807) is 0 Å². The van der Waals surface area contributed by atoms with Gasteiger partial charge < -0.3 is 6.15 Å². The molecule has 0 rings (SSSR count). The van der Waals surface area contributed by atoms with Gasteiger partial charge in [0.15, 0.2) is 0 Å². The molecule has 0 aromatic carbocycles. The summed E-state index contributed by atoms with van der Waals surface area (Å²) in [6.45, 7) is 4.42. The molecule has 0 aliphatic rings. The van der Waals surface area contributed by atoms with Crippen molar-refractivity contribution < 1.29 is 0 Å². The molecule has 0 aromatic rings. The summed E-state index contributed by atoms with van der Waals surface area (Å²) in [4.78, 5) is 0. The molecule has 0 fully saturated rings. The van der Waals surface area contributed by atoms with Crippen LogP contribution >= 0.6 is 0 Å². The maximum absolute atomic E-state index is 2.21. The van der Waals surface area contributed by atoms with Gasteiger partial charge in [0, 0.05) is 8.41 Å². The summed E-state index contributed by atoms with van der Waals surface area (Å²) < 4.78 is 0. The van der Waals surface area contributed by atoms with E-state index in [1.165, 1.54) is 19.3 Å². The minimum atomic E-state index is 0. The molecule has 0 bridgehead atoms. The van der Waals surface area contributed by atoms with Gasteiger partial charge in [-0.05, 0) is 0 Å². The standard InChI is InChI=1S/C5H12.B.H3N/c1-3-5-4-2;;/h3-5H2,1-2H3;;1H3. The molecule has 0 aliphatic carbocycles. The lowest BCUT2D eigenvalue weighted by Gasteiger charge is -1.79. The minimum absolute atomic E-state index is 0. The van der Waals surface area contributed by atoms with Crippen LogP contribution in [0.5, 0.6) is 0 Å². The van der Waals surface area contributed by atoms with Gasteiger partial charge in [-0.15, -0.1) is 0 Å². The summed E-state index contributed by atoms with van der Waals surface area (Å²) in [5.74, 6) is 0. The lowest BCUT2D eigenvalue weighted by molar-refractivity contribution is 0.772. The predicted octanol–water partition coefficient (Wildman–Crippen LogP) is 1.98. The molecule has 0 atom stereocenters. The fourth-order valence-electron chi connectivity index (χ4n) is 0.354. The van der Waals surface area contributed by atoms with Gasteiger partial charge >= 0.3 is 0 Å². The van der Waals surface area contributed by atoms with Crippen molar-refractivity contribution in [2.45, 2.75) is 33.1 Å². The second-order valence-electron chi connectivity index (χ2n) is 1.35. The summed E-state index contributed by atoms with van der Waals surface area (Å²) in [6.07, 6.45) is 4.08. The highest BCUT2D eigenvalue weighted by Gasteiger charge is 1.68. The molecule has 3 N–H and O–H groups in total. The van der Waals surface area contributed by atoms with Crippen LogP contribution in [0.1, 0.15) is 33.1 Å². The van der Waals surface area contributed by atoms with Gasteiger partial charge in [0.05, 0.1) is 0 Å². The monoisotopic (exact) mass is 100 g/mol. The number of hydrogen-bond acceptors (Lipinski definition) is 1. The molecule has 1 nitrogen and oxygen atoms in total. The first-order chi connectivity index (χ1) is 2.41. The van der Waals surface area contributed by atoms with Crippen LogP contribution in [-0.4, -0.2) is 8.41 Å². The van der Waals surface area contributed by atoms with Crippen LogP contribution in [0, 0.1) is 0 Å². The second-order valence-corrected chi connectivity index (χ2v) is 1.35. The number of unbranched alkanes of at least 4 members (excludes halogenated alkanes) is 2. The van der Waals surface area contributed by atoms with E-state index >= 15 is 0 Å². The SMILES string of the molecule is CCCCC.N.[B]. The topological polar surface area (TPSA) is 35.0 Å². The van der Waals surface area contributed by atoms with Crippen molar-refractivity contribution in [3.63, 3.8) is 0 Å². The van der Waals surface area contributed by atoms with Crippen molar-refractivity contribution in [1.82, 2.24) is 6.15 Å². The van der Waals surface area contributed by atoms with E-state index < -0.39 is 0 Å².